The van der Waals surface area contributed by atoms with Gasteiger partial charge >= 0.3 is 12.1 Å². The summed E-state index contributed by atoms with van der Waals surface area (Å²) in [7, 11) is 0. The van der Waals surface area contributed by atoms with Gasteiger partial charge in [-0.05, 0) is 27.7 Å². The number of nitrogens with one attached hydrogen (secondary N) is 1. The van der Waals surface area contributed by atoms with E-state index in [1.165, 1.54) is 0 Å². The molecule has 43 heavy (non-hydrogen) atoms. The molecule has 254 valence electrons. The average Bonchev–Trinajstić information content (AvgIpc) is 2.94. The molecule has 1 N–H and O–H groups in total. The summed E-state index contributed by atoms with van der Waals surface area (Å²) in [6.45, 7) is 19.3. The Morgan fingerprint density at radius 1 is 0.512 bits per heavy atom. The minimum Gasteiger partial charge on any atom is -0.460 e. The number of carbonyl (C=O) groups is 2. The average molecular weight is 626 g/mol. The van der Waals surface area contributed by atoms with Crippen molar-refractivity contribution in [3.63, 3.8) is 0 Å². The third-order valence-corrected chi connectivity index (χ3v) is 4.70. The molecule has 0 aliphatic carbocycles. The molecule has 0 aliphatic rings. The minimum atomic E-state index is -0.514. The Hall–Kier alpha value is -1.88. The summed E-state index contributed by atoms with van der Waals surface area (Å²) in [5, 5.41) is 2.62. The number of amides is 1. The third kappa shape index (κ3) is 34.5. The Balaban J connectivity index is 3.13. The highest BCUT2D eigenvalue weighted by atomic mass is 16.6. The fourth-order valence-electron chi connectivity index (χ4n) is 2.72. The van der Waals surface area contributed by atoms with Crippen LogP contribution in [-0.4, -0.2) is 150 Å². The zero-order valence-electron chi connectivity index (χ0n) is 26.7. The summed E-state index contributed by atoms with van der Waals surface area (Å²) in [5.74, 6) is -0.416. The summed E-state index contributed by atoms with van der Waals surface area (Å²) in [6.07, 6.45) is -0.456. The molecule has 0 heterocycles. The van der Waals surface area contributed by atoms with Crippen molar-refractivity contribution < 1.29 is 61.7 Å². The molecule has 0 radical (unpaired) electrons. The van der Waals surface area contributed by atoms with Crippen LogP contribution in [0, 0.1) is 0 Å². The lowest BCUT2D eigenvalue weighted by atomic mass is 10.2. The zero-order chi connectivity index (χ0) is 31.9. The number of rotatable bonds is 31. The van der Waals surface area contributed by atoms with Gasteiger partial charge in [0.1, 0.15) is 12.2 Å². The van der Waals surface area contributed by atoms with E-state index in [2.05, 4.69) is 11.9 Å². The van der Waals surface area contributed by atoms with Crippen LogP contribution in [0.1, 0.15) is 27.7 Å². The first-order valence-corrected chi connectivity index (χ1v) is 14.7. The highest BCUT2D eigenvalue weighted by molar-refractivity contribution is 5.86. The number of hydrogen-bond donors (Lipinski definition) is 1. The molecule has 14 heteroatoms. The van der Waals surface area contributed by atoms with Gasteiger partial charge in [-0.25, -0.2) is 9.59 Å². The van der Waals surface area contributed by atoms with Crippen molar-refractivity contribution in [2.45, 2.75) is 33.3 Å². The zero-order valence-corrected chi connectivity index (χ0v) is 26.7. The molecule has 0 atom stereocenters. The Labute approximate surface area is 256 Å². The molecule has 0 aromatic heterocycles. The van der Waals surface area contributed by atoms with Crippen molar-refractivity contribution in [1.82, 2.24) is 5.32 Å². The minimum absolute atomic E-state index is 0.195. The summed E-state index contributed by atoms with van der Waals surface area (Å²) in [6, 6.07) is 0. The van der Waals surface area contributed by atoms with Crippen LogP contribution >= 0.6 is 0 Å². The largest absolute Gasteiger partial charge is 0.460 e. The Morgan fingerprint density at radius 2 is 0.791 bits per heavy atom. The molecule has 14 nitrogen and oxygen atoms in total. The summed E-state index contributed by atoms with van der Waals surface area (Å²) in [5.41, 5.74) is -0.147. The molecule has 0 aromatic carbocycles. The molecule has 0 bridgehead atoms. The van der Waals surface area contributed by atoms with Gasteiger partial charge in [-0.3, -0.25) is 0 Å². The van der Waals surface area contributed by atoms with Crippen LogP contribution in [0.2, 0.25) is 0 Å². The van der Waals surface area contributed by atoms with E-state index in [0.717, 1.165) is 0 Å². The molecule has 0 aliphatic heterocycles. The van der Waals surface area contributed by atoms with Crippen LogP contribution in [-0.2, 0) is 56.9 Å². The van der Waals surface area contributed by atoms with Crippen molar-refractivity contribution in [1.29, 1.82) is 0 Å². The van der Waals surface area contributed by atoms with Crippen LogP contribution in [0.25, 0.3) is 0 Å². The lowest BCUT2D eigenvalue weighted by molar-refractivity contribution is -0.140. The smallest absolute Gasteiger partial charge is 0.407 e. The number of alkyl carbamates (subject to hydrolysis) is 1. The molecule has 0 spiro atoms. The number of carbonyl (C=O) groups excluding carboxylic acids is 2. The van der Waals surface area contributed by atoms with Gasteiger partial charge in [-0.15, -0.1) is 0 Å². The number of ether oxygens (including phenoxy) is 11. The molecular formula is C29H55NO13. The molecule has 0 rings (SSSR count). The van der Waals surface area contributed by atoms with Crippen molar-refractivity contribution in [3.8, 4) is 0 Å². The molecule has 0 saturated carbocycles. The Kier molecular flexibility index (Phi) is 28.8. The molecular weight excluding hydrogens is 570 g/mol. The van der Waals surface area contributed by atoms with E-state index in [-0.39, 0.29) is 6.61 Å². The first kappa shape index (κ1) is 41.1. The highest BCUT2D eigenvalue weighted by Gasteiger charge is 2.15. The Morgan fingerprint density at radius 3 is 1.07 bits per heavy atom. The molecule has 0 aromatic rings. The lowest BCUT2D eigenvalue weighted by Crippen LogP contribution is -2.34. The van der Waals surface area contributed by atoms with E-state index in [0.29, 0.717) is 131 Å². The predicted octanol–water partition coefficient (Wildman–Crippen LogP) is 1.78. The van der Waals surface area contributed by atoms with Crippen LogP contribution in [0.5, 0.6) is 0 Å². The van der Waals surface area contributed by atoms with Crippen LogP contribution in [0.4, 0.5) is 4.79 Å². The van der Waals surface area contributed by atoms with E-state index in [1.807, 2.05) is 20.8 Å². The summed E-state index contributed by atoms with van der Waals surface area (Å²) in [4.78, 5) is 22.6. The maximum absolute atomic E-state index is 11.5. The van der Waals surface area contributed by atoms with Crippen molar-refractivity contribution in [2.24, 2.45) is 0 Å². The van der Waals surface area contributed by atoms with Crippen LogP contribution in [0.15, 0.2) is 12.2 Å². The SMILES string of the molecule is C=C(C)C(=O)OCCOCCOCCOCCOCCOCCOCCOCCOCCOCCNC(=O)OC(C)(C)C. The van der Waals surface area contributed by atoms with Gasteiger partial charge in [0.25, 0.3) is 0 Å². The summed E-state index contributed by atoms with van der Waals surface area (Å²) >= 11 is 0. The maximum atomic E-state index is 11.5. The van der Waals surface area contributed by atoms with Crippen molar-refractivity contribution >= 4 is 12.1 Å². The molecule has 1 amide bonds. The molecule has 0 saturated heterocycles. The van der Waals surface area contributed by atoms with E-state index in [9.17, 15) is 9.59 Å². The Bertz CT molecular complexity index is 673. The summed E-state index contributed by atoms with van der Waals surface area (Å²) < 4.78 is 58.7. The van der Waals surface area contributed by atoms with Crippen molar-refractivity contribution in [2.75, 3.05) is 132 Å². The van der Waals surface area contributed by atoms with Gasteiger partial charge in [0.15, 0.2) is 0 Å². The molecule has 0 fully saturated rings. The standard InChI is InChI=1S/C29H55NO13/c1-26(2)27(31)42-25-24-41-23-22-40-21-20-39-19-18-38-17-16-37-15-14-36-13-12-35-11-10-34-9-8-33-7-6-30-28(32)43-29(3,4)5/h1,6-25H2,2-5H3,(H,30,32). The second-order valence-electron chi connectivity index (χ2n) is 9.86. The highest BCUT2D eigenvalue weighted by Crippen LogP contribution is 2.06. The first-order valence-electron chi connectivity index (χ1n) is 14.7. The predicted molar refractivity (Wildman–Crippen MR) is 157 cm³/mol. The van der Waals surface area contributed by atoms with Gasteiger partial charge in [-0.1, -0.05) is 6.58 Å². The van der Waals surface area contributed by atoms with Gasteiger partial charge < -0.3 is 57.4 Å². The fourth-order valence-corrected chi connectivity index (χ4v) is 2.72. The van der Waals surface area contributed by atoms with E-state index < -0.39 is 17.7 Å². The first-order chi connectivity index (χ1) is 20.7. The van der Waals surface area contributed by atoms with E-state index in [4.69, 9.17) is 52.1 Å². The topological polar surface area (TPSA) is 148 Å². The number of hydrogen-bond acceptors (Lipinski definition) is 13. The number of esters is 1. The van der Waals surface area contributed by atoms with Gasteiger partial charge in [0, 0.05) is 12.1 Å². The quantitative estimate of drug-likeness (QED) is 0.0679. The second kappa shape index (κ2) is 30.2. The van der Waals surface area contributed by atoms with Crippen molar-refractivity contribution in [3.05, 3.63) is 12.2 Å². The van der Waals surface area contributed by atoms with E-state index in [1.54, 1.807) is 6.92 Å². The monoisotopic (exact) mass is 625 g/mol. The van der Waals surface area contributed by atoms with E-state index >= 15 is 0 Å². The molecule has 0 unspecified atom stereocenters. The normalized spacial score (nSPS) is 11.4. The lowest BCUT2D eigenvalue weighted by Gasteiger charge is -2.19. The van der Waals surface area contributed by atoms with Crippen LogP contribution in [0.3, 0.4) is 0 Å². The fraction of sp³-hybridized carbons (Fsp3) is 0.862. The van der Waals surface area contributed by atoms with Gasteiger partial charge in [-0.2, -0.15) is 0 Å². The van der Waals surface area contributed by atoms with Gasteiger partial charge in [0.2, 0.25) is 0 Å². The second-order valence-corrected chi connectivity index (χ2v) is 9.86. The van der Waals surface area contributed by atoms with Gasteiger partial charge in [0.05, 0.1) is 119 Å². The third-order valence-electron chi connectivity index (χ3n) is 4.70. The maximum Gasteiger partial charge on any atom is 0.407 e. The van der Waals surface area contributed by atoms with Crippen LogP contribution < -0.4 is 5.32 Å².